The number of hydrogen-bond acceptors (Lipinski definition) is 4. The lowest BCUT2D eigenvalue weighted by molar-refractivity contribution is -0.138. The van der Waals surface area contributed by atoms with Gasteiger partial charge in [-0.15, -0.1) is 0 Å². The number of nitrogens with zero attached hydrogens (tertiary/aromatic N) is 4. The molecule has 21 heavy (non-hydrogen) atoms. The lowest BCUT2D eigenvalue weighted by Crippen LogP contribution is -2.58. The fourth-order valence-corrected chi connectivity index (χ4v) is 3.26. The van der Waals surface area contributed by atoms with E-state index in [1.807, 2.05) is 11.9 Å². The van der Waals surface area contributed by atoms with Crippen molar-refractivity contribution in [3.05, 3.63) is 28.7 Å². The van der Waals surface area contributed by atoms with Gasteiger partial charge in [0.05, 0.1) is 12.6 Å². The van der Waals surface area contributed by atoms with Crippen molar-refractivity contribution in [3.63, 3.8) is 0 Å². The highest BCUT2D eigenvalue weighted by Crippen LogP contribution is 2.25. The Morgan fingerprint density at radius 3 is 2.86 bits per heavy atom. The number of carbonyl (C=O) groups excluding carboxylic acids is 1. The molecule has 2 fully saturated rings. The molecule has 1 aromatic heterocycles. The Bertz CT molecular complexity index is 565. The minimum Gasteiger partial charge on any atom is -0.344 e. The topological polar surface area (TPSA) is 58.4 Å². The molecule has 1 amide bonds. The van der Waals surface area contributed by atoms with Gasteiger partial charge in [-0.1, -0.05) is 0 Å². The molecule has 0 N–H and O–H groups in total. The van der Waals surface area contributed by atoms with Gasteiger partial charge in [0, 0.05) is 44.9 Å². The smallest absolute Gasteiger partial charge is 0.266 e. The summed E-state index contributed by atoms with van der Waals surface area (Å²) in [6.07, 6.45) is 4.81. The SMILES string of the molecule is CN1CCCCC(N2CC(Cn3ncccc3=O)C2)C1=O. The second-order valence-electron chi connectivity index (χ2n) is 6.14. The molecule has 0 bridgehead atoms. The van der Waals surface area contributed by atoms with Gasteiger partial charge >= 0.3 is 0 Å². The summed E-state index contributed by atoms with van der Waals surface area (Å²) in [5.41, 5.74) is -0.0544. The van der Waals surface area contributed by atoms with Crippen LogP contribution in [0, 0.1) is 5.92 Å². The summed E-state index contributed by atoms with van der Waals surface area (Å²) in [5.74, 6) is 0.667. The van der Waals surface area contributed by atoms with Crippen molar-refractivity contribution in [2.75, 3.05) is 26.7 Å². The Morgan fingerprint density at radius 1 is 1.29 bits per heavy atom. The fourth-order valence-electron chi connectivity index (χ4n) is 3.26. The highest BCUT2D eigenvalue weighted by Gasteiger charge is 2.37. The molecule has 3 rings (SSSR count). The van der Waals surface area contributed by atoms with Crippen LogP contribution < -0.4 is 5.56 Å². The molecule has 0 aliphatic carbocycles. The van der Waals surface area contributed by atoms with Crippen molar-refractivity contribution < 1.29 is 4.79 Å². The van der Waals surface area contributed by atoms with Crippen molar-refractivity contribution in [3.8, 4) is 0 Å². The van der Waals surface area contributed by atoms with Crippen LogP contribution >= 0.6 is 0 Å². The summed E-state index contributed by atoms with van der Waals surface area (Å²) in [5, 5.41) is 4.09. The first-order valence-electron chi connectivity index (χ1n) is 7.66. The van der Waals surface area contributed by atoms with E-state index < -0.39 is 0 Å². The average Bonchev–Trinajstić information content (AvgIpc) is 2.59. The van der Waals surface area contributed by atoms with Crippen LogP contribution in [-0.4, -0.2) is 58.2 Å². The van der Waals surface area contributed by atoms with Crippen LogP contribution in [0.5, 0.6) is 0 Å². The van der Waals surface area contributed by atoms with Gasteiger partial charge < -0.3 is 4.90 Å². The van der Waals surface area contributed by atoms with Crippen molar-refractivity contribution in [1.82, 2.24) is 19.6 Å². The van der Waals surface area contributed by atoms with Crippen LogP contribution in [0.15, 0.2) is 23.1 Å². The maximum Gasteiger partial charge on any atom is 0.266 e. The molecule has 1 aromatic rings. The third-order valence-corrected chi connectivity index (χ3v) is 4.53. The van der Waals surface area contributed by atoms with E-state index in [1.54, 1.807) is 12.3 Å². The van der Waals surface area contributed by atoms with Crippen molar-refractivity contribution in [1.29, 1.82) is 0 Å². The lowest BCUT2D eigenvalue weighted by Gasteiger charge is -2.44. The molecular weight excluding hydrogens is 268 g/mol. The highest BCUT2D eigenvalue weighted by atomic mass is 16.2. The molecule has 114 valence electrons. The van der Waals surface area contributed by atoms with E-state index in [4.69, 9.17) is 0 Å². The number of hydrogen-bond donors (Lipinski definition) is 0. The van der Waals surface area contributed by atoms with Gasteiger partial charge in [0.15, 0.2) is 0 Å². The Morgan fingerprint density at radius 2 is 2.10 bits per heavy atom. The molecule has 1 atom stereocenters. The summed E-state index contributed by atoms with van der Waals surface area (Å²) < 4.78 is 1.52. The molecule has 0 aromatic carbocycles. The van der Waals surface area contributed by atoms with E-state index in [0.717, 1.165) is 38.9 Å². The minimum absolute atomic E-state index is 0.0363. The maximum atomic E-state index is 12.3. The van der Waals surface area contributed by atoms with E-state index in [2.05, 4.69) is 10.00 Å². The number of likely N-dealkylation sites (tertiary alicyclic amines) is 2. The fraction of sp³-hybridized carbons (Fsp3) is 0.667. The highest BCUT2D eigenvalue weighted by molar-refractivity contribution is 5.82. The predicted molar refractivity (Wildman–Crippen MR) is 78.8 cm³/mol. The van der Waals surface area contributed by atoms with Gasteiger partial charge in [0.25, 0.3) is 5.56 Å². The second-order valence-corrected chi connectivity index (χ2v) is 6.14. The molecule has 3 heterocycles. The molecule has 6 heteroatoms. The van der Waals surface area contributed by atoms with Crippen LogP contribution in [0.25, 0.3) is 0 Å². The van der Waals surface area contributed by atoms with E-state index >= 15 is 0 Å². The first kappa shape index (κ1) is 14.3. The van der Waals surface area contributed by atoms with Gasteiger partial charge in [-0.2, -0.15) is 5.10 Å². The molecule has 0 spiro atoms. The van der Waals surface area contributed by atoms with E-state index in [1.165, 1.54) is 10.7 Å². The molecule has 2 saturated heterocycles. The lowest BCUT2D eigenvalue weighted by atomic mass is 9.95. The van der Waals surface area contributed by atoms with Crippen LogP contribution in [0.1, 0.15) is 19.3 Å². The Balaban J connectivity index is 1.57. The van der Waals surface area contributed by atoms with Crippen molar-refractivity contribution in [2.24, 2.45) is 5.92 Å². The standard InChI is InChI=1S/C15H22N4O2/c1-17-8-3-2-5-13(15(17)21)18-9-12(10-18)11-19-14(20)6-4-7-16-19/h4,6-7,12-13H,2-3,5,8-11H2,1H3. The van der Waals surface area contributed by atoms with Crippen LogP contribution in [0.4, 0.5) is 0 Å². The zero-order valence-electron chi connectivity index (χ0n) is 12.4. The average molecular weight is 290 g/mol. The number of carbonyl (C=O) groups is 1. The third kappa shape index (κ3) is 3.00. The van der Waals surface area contributed by atoms with Gasteiger partial charge in [-0.25, -0.2) is 4.68 Å². The summed E-state index contributed by atoms with van der Waals surface area (Å²) >= 11 is 0. The van der Waals surface area contributed by atoms with Gasteiger partial charge in [0.1, 0.15) is 0 Å². The predicted octanol–water partition coefficient (Wildman–Crippen LogP) is 0.186. The summed E-state index contributed by atoms with van der Waals surface area (Å²) in [6, 6.07) is 3.23. The number of rotatable bonds is 3. The third-order valence-electron chi connectivity index (χ3n) is 4.53. The molecule has 6 nitrogen and oxygen atoms in total. The number of amides is 1. The summed E-state index contributed by atoms with van der Waals surface area (Å²) in [4.78, 5) is 28.1. The van der Waals surface area contributed by atoms with Gasteiger partial charge in [-0.05, 0) is 25.3 Å². The summed E-state index contributed by atoms with van der Waals surface area (Å²) in [7, 11) is 1.89. The molecule has 2 aliphatic heterocycles. The van der Waals surface area contributed by atoms with Crippen molar-refractivity contribution >= 4 is 5.91 Å². The normalized spacial score (nSPS) is 24.7. The zero-order chi connectivity index (χ0) is 14.8. The van der Waals surface area contributed by atoms with Crippen LogP contribution in [0.3, 0.4) is 0 Å². The zero-order valence-corrected chi connectivity index (χ0v) is 12.4. The van der Waals surface area contributed by atoms with Gasteiger partial charge in [-0.3, -0.25) is 14.5 Å². The molecule has 0 radical (unpaired) electrons. The first-order chi connectivity index (χ1) is 10.1. The van der Waals surface area contributed by atoms with E-state index in [9.17, 15) is 9.59 Å². The molecule has 1 unspecified atom stereocenters. The number of aromatic nitrogens is 2. The second kappa shape index (κ2) is 5.97. The largest absolute Gasteiger partial charge is 0.344 e. The van der Waals surface area contributed by atoms with Crippen LogP contribution in [0.2, 0.25) is 0 Å². The molecule has 0 saturated carbocycles. The van der Waals surface area contributed by atoms with E-state index in [0.29, 0.717) is 12.5 Å². The Kier molecular flexibility index (Phi) is 4.05. The Labute approximate surface area is 124 Å². The monoisotopic (exact) mass is 290 g/mol. The molecular formula is C15H22N4O2. The van der Waals surface area contributed by atoms with Crippen molar-refractivity contribution in [2.45, 2.75) is 31.8 Å². The summed E-state index contributed by atoms with van der Waals surface area (Å²) in [6.45, 7) is 3.28. The number of likely N-dealkylation sites (N-methyl/N-ethyl adjacent to an activating group) is 1. The minimum atomic E-state index is -0.0544. The first-order valence-corrected chi connectivity index (χ1v) is 7.66. The quantitative estimate of drug-likeness (QED) is 0.797. The van der Waals surface area contributed by atoms with E-state index in [-0.39, 0.29) is 17.5 Å². The molecule has 2 aliphatic rings. The van der Waals surface area contributed by atoms with Crippen LogP contribution in [-0.2, 0) is 11.3 Å². The Hall–Kier alpha value is -1.69. The maximum absolute atomic E-state index is 12.3. The van der Waals surface area contributed by atoms with Gasteiger partial charge in [0.2, 0.25) is 5.91 Å².